The van der Waals surface area contributed by atoms with Crippen LogP contribution < -0.4 is 15.0 Å². The summed E-state index contributed by atoms with van der Waals surface area (Å²) >= 11 is 0. The van der Waals surface area contributed by atoms with Crippen molar-refractivity contribution in [1.29, 1.82) is 0 Å². The van der Waals surface area contributed by atoms with Gasteiger partial charge in [-0.2, -0.15) is 0 Å². The largest absolute Gasteiger partial charge is 0.478 e. The molecule has 0 saturated carbocycles. The summed E-state index contributed by atoms with van der Waals surface area (Å²) in [5.41, 5.74) is -0.489. The van der Waals surface area contributed by atoms with Crippen molar-refractivity contribution in [2.24, 2.45) is 0 Å². The zero-order valence-electron chi connectivity index (χ0n) is 14.3. The van der Waals surface area contributed by atoms with E-state index in [2.05, 4.69) is 20.2 Å². The van der Waals surface area contributed by atoms with Gasteiger partial charge >= 0.3 is 6.09 Å². The second-order valence-corrected chi connectivity index (χ2v) is 6.58. The number of anilines is 1. The highest BCUT2D eigenvalue weighted by Gasteiger charge is 2.25. The van der Waals surface area contributed by atoms with Gasteiger partial charge in [0.1, 0.15) is 17.7 Å². The van der Waals surface area contributed by atoms with Crippen LogP contribution in [0.3, 0.4) is 0 Å². The lowest BCUT2D eigenvalue weighted by atomic mass is 10.1. The maximum Gasteiger partial charge on any atom is 0.407 e. The maximum absolute atomic E-state index is 11.9. The van der Waals surface area contributed by atoms with Gasteiger partial charge in [-0.1, -0.05) is 0 Å². The first-order chi connectivity index (χ1) is 10.9. The van der Waals surface area contributed by atoms with Gasteiger partial charge in [-0.15, -0.1) is 0 Å². The summed E-state index contributed by atoms with van der Waals surface area (Å²) in [4.78, 5) is 22.4. The normalized spacial score (nSPS) is 18.4. The van der Waals surface area contributed by atoms with E-state index >= 15 is 0 Å². The zero-order chi connectivity index (χ0) is 16.9. The number of carbonyl (C=O) groups is 1. The Morgan fingerprint density at radius 2 is 2.22 bits per heavy atom. The third kappa shape index (κ3) is 5.58. The molecular weight excluding hydrogens is 296 g/mol. The van der Waals surface area contributed by atoms with Crippen molar-refractivity contribution in [3.63, 3.8) is 0 Å². The van der Waals surface area contributed by atoms with Gasteiger partial charge in [0, 0.05) is 25.2 Å². The molecular formula is C16H26N4O3. The van der Waals surface area contributed by atoms with Crippen LogP contribution in [0.1, 0.15) is 40.5 Å². The van der Waals surface area contributed by atoms with E-state index in [0.717, 1.165) is 25.2 Å². The fraction of sp³-hybridized carbons (Fsp3) is 0.688. The lowest BCUT2D eigenvalue weighted by Crippen LogP contribution is -2.49. The Labute approximate surface area is 137 Å². The van der Waals surface area contributed by atoms with Crippen molar-refractivity contribution >= 4 is 11.9 Å². The molecule has 7 nitrogen and oxygen atoms in total. The van der Waals surface area contributed by atoms with Crippen molar-refractivity contribution in [2.45, 2.75) is 52.2 Å². The molecule has 7 heteroatoms. The summed E-state index contributed by atoms with van der Waals surface area (Å²) in [6.45, 7) is 9.65. The number of carbonyl (C=O) groups excluding carboxylic acids is 1. The summed E-state index contributed by atoms with van der Waals surface area (Å²) in [7, 11) is 0. The third-order valence-corrected chi connectivity index (χ3v) is 3.39. The Bertz CT molecular complexity index is 530. The van der Waals surface area contributed by atoms with Crippen molar-refractivity contribution < 1.29 is 14.3 Å². The van der Waals surface area contributed by atoms with Gasteiger partial charge in [-0.3, -0.25) is 0 Å². The molecule has 0 aromatic carbocycles. The van der Waals surface area contributed by atoms with Crippen LogP contribution in [-0.4, -0.2) is 47.4 Å². The highest BCUT2D eigenvalue weighted by molar-refractivity contribution is 5.68. The van der Waals surface area contributed by atoms with Crippen LogP contribution in [0.25, 0.3) is 0 Å². The smallest absolute Gasteiger partial charge is 0.407 e. The van der Waals surface area contributed by atoms with Crippen molar-refractivity contribution in [2.75, 3.05) is 24.6 Å². The van der Waals surface area contributed by atoms with Crippen LogP contribution >= 0.6 is 0 Å². The van der Waals surface area contributed by atoms with E-state index in [1.165, 1.54) is 6.33 Å². The number of rotatable bonds is 4. The number of alkyl carbamates (subject to hydrolysis) is 1. The minimum absolute atomic E-state index is 0.0455. The van der Waals surface area contributed by atoms with Crippen LogP contribution in [0.2, 0.25) is 0 Å². The molecule has 128 valence electrons. The molecule has 0 radical (unpaired) electrons. The van der Waals surface area contributed by atoms with Crippen LogP contribution in [0, 0.1) is 0 Å². The van der Waals surface area contributed by atoms with Gasteiger partial charge in [0.25, 0.3) is 0 Å². The summed E-state index contributed by atoms with van der Waals surface area (Å²) in [5, 5.41) is 2.94. The average molecular weight is 322 g/mol. The number of aromatic nitrogens is 2. The SMILES string of the molecule is CCOc1cc(N2CCCC(NC(=O)OC(C)(C)C)C2)ncn1. The van der Waals surface area contributed by atoms with Gasteiger partial charge in [0.2, 0.25) is 5.88 Å². The quantitative estimate of drug-likeness (QED) is 0.917. The molecule has 23 heavy (non-hydrogen) atoms. The van der Waals surface area contributed by atoms with Crippen molar-refractivity contribution in [1.82, 2.24) is 15.3 Å². The zero-order valence-corrected chi connectivity index (χ0v) is 14.3. The third-order valence-electron chi connectivity index (χ3n) is 3.39. The Kier molecular flexibility index (Phi) is 5.63. The van der Waals surface area contributed by atoms with E-state index in [0.29, 0.717) is 19.0 Å². The molecule has 1 saturated heterocycles. The summed E-state index contributed by atoms with van der Waals surface area (Å²) in [5.74, 6) is 1.39. The highest BCUT2D eigenvalue weighted by Crippen LogP contribution is 2.20. The van der Waals surface area contributed by atoms with Gasteiger partial charge in [0.15, 0.2) is 0 Å². The fourth-order valence-corrected chi connectivity index (χ4v) is 2.51. The molecule has 2 heterocycles. The predicted molar refractivity (Wildman–Crippen MR) is 87.8 cm³/mol. The number of hydrogen-bond acceptors (Lipinski definition) is 6. The minimum Gasteiger partial charge on any atom is -0.478 e. The van der Waals surface area contributed by atoms with Crippen molar-refractivity contribution in [3.8, 4) is 5.88 Å². The molecule has 1 aliphatic rings. The molecule has 1 fully saturated rings. The Balaban J connectivity index is 1.95. The summed E-state index contributed by atoms with van der Waals surface area (Å²) < 4.78 is 10.7. The Morgan fingerprint density at radius 3 is 2.91 bits per heavy atom. The first kappa shape index (κ1) is 17.3. The van der Waals surface area contributed by atoms with Gasteiger partial charge in [-0.05, 0) is 40.5 Å². The van der Waals surface area contributed by atoms with E-state index < -0.39 is 5.60 Å². The molecule has 2 rings (SSSR count). The van der Waals surface area contributed by atoms with E-state index in [-0.39, 0.29) is 12.1 Å². The predicted octanol–water partition coefficient (Wildman–Crippen LogP) is 2.37. The average Bonchev–Trinajstić information content (AvgIpc) is 2.46. The maximum atomic E-state index is 11.9. The molecule has 1 aromatic rings. The van der Waals surface area contributed by atoms with E-state index in [1.807, 2.05) is 33.8 Å². The van der Waals surface area contributed by atoms with Crippen LogP contribution in [0.15, 0.2) is 12.4 Å². The van der Waals surface area contributed by atoms with Crippen LogP contribution in [-0.2, 0) is 4.74 Å². The molecule has 1 amide bonds. The van der Waals surface area contributed by atoms with Crippen LogP contribution in [0.5, 0.6) is 5.88 Å². The molecule has 1 aliphatic heterocycles. The number of amides is 1. The Morgan fingerprint density at radius 1 is 1.43 bits per heavy atom. The molecule has 0 spiro atoms. The second kappa shape index (κ2) is 7.48. The lowest BCUT2D eigenvalue weighted by molar-refractivity contribution is 0.0500. The van der Waals surface area contributed by atoms with E-state index in [9.17, 15) is 4.79 Å². The van der Waals surface area contributed by atoms with Gasteiger partial charge < -0.3 is 19.7 Å². The Hall–Kier alpha value is -2.05. The molecule has 0 aliphatic carbocycles. The standard InChI is InChI=1S/C16H26N4O3/c1-5-22-14-9-13(17-11-18-14)20-8-6-7-12(10-20)19-15(21)23-16(2,3)4/h9,11-12H,5-8,10H2,1-4H3,(H,19,21). The second-order valence-electron chi connectivity index (χ2n) is 6.58. The van der Waals surface area contributed by atoms with Gasteiger partial charge in [-0.25, -0.2) is 14.8 Å². The topological polar surface area (TPSA) is 76.6 Å². The summed E-state index contributed by atoms with van der Waals surface area (Å²) in [6.07, 6.45) is 3.04. The molecule has 0 bridgehead atoms. The van der Waals surface area contributed by atoms with Crippen molar-refractivity contribution in [3.05, 3.63) is 12.4 Å². The molecule has 1 atom stereocenters. The van der Waals surface area contributed by atoms with E-state index in [1.54, 1.807) is 0 Å². The molecule has 1 N–H and O–H groups in total. The van der Waals surface area contributed by atoms with Crippen LogP contribution in [0.4, 0.5) is 10.6 Å². The first-order valence-corrected chi connectivity index (χ1v) is 8.06. The number of nitrogens with one attached hydrogen (secondary N) is 1. The molecule has 1 unspecified atom stereocenters. The summed E-state index contributed by atoms with van der Waals surface area (Å²) in [6, 6.07) is 1.88. The fourth-order valence-electron chi connectivity index (χ4n) is 2.51. The monoisotopic (exact) mass is 322 g/mol. The number of piperidine rings is 1. The number of hydrogen-bond donors (Lipinski definition) is 1. The minimum atomic E-state index is -0.489. The van der Waals surface area contributed by atoms with Gasteiger partial charge in [0.05, 0.1) is 6.61 Å². The lowest BCUT2D eigenvalue weighted by Gasteiger charge is -2.34. The van der Waals surface area contributed by atoms with E-state index in [4.69, 9.17) is 9.47 Å². The first-order valence-electron chi connectivity index (χ1n) is 8.06. The highest BCUT2D eigenvalue weighted by atomic mass is 16.6. The molecule has 1 aromatic heterocycles. The number of ether oxygens (including phenoxy) is 2. The number of nitrogens with zero attached hydrogens (tertiary/aromatic N) is 3.